The number of benzene rings is 2. The van der Waals surface area contributed by atoms with Gasteiger partial charge in [0.2, 0.25) is 0 Å². The number of phenolic OH excluding ortho intramolecular Hbond substituents is 1. The number of ether oxygens (including phenoxy) is 2. The minimum Gasteiger partial charge on any atom is -0.506 e. The fourth-order valence-electron chi connectivity index (χ4n) is 2.28. The fourth-order valence-corrected chi connectivity index (χ4v) is 2.46. The van der Waals surface area contributed by atoms with Crippen molar-refractivity contribution < 1.29 is 14.6 Å². The molecule has 0 fully saturated rings. The zero-order chi connectivity index (χ0) is 15.7. The molecule has 0 spiro atoms. The van der Waals surface area contributed by atoms with Crippen LogP contribution in [-0.4, -0.2) is 11.4 Å². The molecule has 1 N–H and O–H groups in total. The van der Waals surface area contributed by atoms with Crippen LogP contribution in [-0.2, 0) is 4.74 Å². The van der Waals surface area contributed by atoms with Gasteiger partial charge in [0, 0.05) is 11.6 Å². The van der Waals surface area contributed by atoms with Crippen LogP contribution in [0.2, 0.25) is 5.02 Å². The molecular formula is C16H15ClN2O3. The second-order valence-corrected chi connectivity index (χ2v) is 5.40. The Morgan fingerprint density at radius 3 is 2.59 bits per heavy atom. The average molecular weight is 319 g/mol. The molecule has 0 aliphatic carbocycles. The van der Waals surface area contributed by atoms with E-state index in [1.807, 2.05) is 26.0 Å². The minimum absolute atomic E-state index is 0.0168. The molecule has 2 unspecified atom stereocenters. The Hall–Kier alpha value is -2.11. The first-order valence-corrected chi connectivity index (χ1v) is 7.27. The van der Waals surface area contributed by atoms with Gasteiger partial charge in [0.25, 0.3) is 0 Å². The van der Waals surface area contributed by atoms with Crippen molar-refractivity contribution in [3.05, 3.63) is 47.0 Å². The van der Waals surface area contributed by atoms with Gasteiger partial charge in [-0.2, -0.15) is 0 Å². The Kier molecular flexibility index (Phi) is 4.00. The normalized spacial score (nSPS) is 20.7. The summed E-state index contributed by atoms with van der Waals surface area (Å²) in [5.74, 6) is 0.653. The van der Waals surface area contributed by atoms with E-state index in [-0.39, 0.29) is 18.1 Å². The maximum absolute atomic E-state index is 10.1. The highest BCUT2D eigenvalue weighted by Crippen LogP contribution is 2.42. The van der Waals surface area contributed by atoms with Crippen molar-refractivity contribution in [2.45, 2.75) is 26.2 Å². The molecular weight excluding hydrogens is 304 g/mol. The van der Waals surface area contributed by atoms with Crippen molar-refractivity contribution in [1.29, 1.82) is 0 Å². The van der Waals surface area contributed by atoms with Crippen molar-refractivity contribution in [2.24, 2.45) is 10.2 Å². The molecule has 0 amide bonds. The zero-order valence-corrected chi connectivity index (χ0v) is 12.9. The molecule has 3 rings (SSSR count). The molecule has 0 saturated carbocycles. The standard InChI is InChI=1S/C16H15ClN2O3/c1-9-11-7-15(20)14(8-16(11)22-10(2)21-9)19-18-13-6-4-3-5-12(13)17/h3-10,20H,1-2H3. The van der Waals surface area contributed by atoms with Gasteiger partial charge in [-0.1, -0.05) is 23.7 Å². The van der Waals surface area contributed by atoms with Gasteiger partial charge in [0.1, 0.15) is 22.9 Å². The molecule has 5 nitrogen and oxygen atoms in total. The van der Waals surface area contributed by atoms with E-state index in [4.69, 9.17) is 21.1 Å². The molecule has 0 saturated heterocycles. The predicted octanol–water partition coefficient (Wildman–Crippen LogP) is 5.28. The molecule has 0 aromatic heterocycles. The molecule has 2 aromatic carbocycles. The Morgan fingerprint density at radius 2 is 1.82 bits per heavy atom. The maximum Gasteiger partial charge on any atom is 0.197 e. The van der Waals surface area contributed by atoms with Crippen LogP contribution in [0.15, 0.2) is 46.6 Å². The van der Waals surface area contributed by atoms with Crippen LogP contribution in [0.4, 0.5) is 11.4 Å². The number of nitrogens with zero attached hydrogens (tertiary/aromatic N) is 2. The molecule has 1 aliphatic rings. The van der Waals surface area contributed by atoms with Crippen LogP contribution in [0.1, 0.15) is 25.5 Å². The summed E-state index contributed by atoms with van der Waals surface area (Å²) in [4.78, 5) is 0. The lowest BCUT2D eigenvalue weighted by Crippen LogP contribution is -2.24. The largest absolute Gasteiger partial charge is 0.506 e. The molecule has 6 heteroatoms. The Bertz CT molecular complexity index is 733. The van der Waals surface area contributed by atoms with Crippen LogP contribution in [0.3, 0.4) is 0 Å². The number of fused-ring (bicyclic) bond motifs is 1. The number of hydrogen-bond acceptors (Lipinski definition) is 5. The van der Waals surface area contributed by atoms with Gasteiger partial charge >= 0.3 is 0 Å². The van der Waals surface area contributed by atoms with Crippen LogP contribution < -0.4 is 4.74 Å². The average Bonchev–Trinajstić information content (AvgIpc) is 2.47. The number of hydrogen-bond donors (Lipinski definition) is 1. The Balaban J connectivity index is 1.95. The van der Waals surface area contributed by atoms with Gasteiger partial charge in [-0.25, -0.2) is 0 Å². The summed E-state index contributed by atoms with van der Waals surface area (Å²) in [6, 6.07) is 10.3. The first kappa shape index (κ1) is 14.8. The lowest BCUT2D eigenvalue weighted by molar-refractivity contribution is -0.122. The van der Waals surface area contributed by atoms with Gasteiger partial charge in [0.15, 0.2) is 6.29 Å². The highest BCUT2D eigenvalue weighted by atomic mass is 35.5. The third-order valence-electron chi connectivity index (χ3n) is 3.35. The lowest BCUT2D eigenvalue weighted by atomic mass is 10.1. The van der Waals surface area contributed by atoms with Crippen molar-refractivity contribution in [1.82, 2.24) is 0 Å². The maximum atomic E-state index is 10.1. The van der Waals surface area contributed by atoms with Crippen molar-refractivity contribution >= 4 is 23.0 Å². The van der Waals surface area contributed by atoms with Crippen LogP contribution in [0, 0.1) is 0 Å². The second kappa shape index (κ2) is 5.94. The van der Waals surface area contributed by atoms with Crippen molar-refractivity contribution in [3.8, 4) is 11.5 Å². The first-order chi connectivity index (χ1) is 10.5. The molecule has 1 aliphatic heterocycles. The van der Waals surface area contributed by atoms with E-state index in [1.165, 1.54) is 0 Å². The third kappa shape index (κ3) is 2.91. The highest BCUT2D eigenvalue weighted by Gasteiger charge is 2.24. The second-order valence-electron chi connectivity index (χ2n) is 4.99. The fraction of sp³-hybridized carbons (Fsp3) is 0.250. The summed E-state index contributed by atoms with van der Waals surface area (Å²) in [6.45, 7) is 3.72. The molecule has 0 bridgehead atoms. The predicted molar refractivity (Wildman–Crippen MR) is 83.3 cm³/mol. The van der Waals surface area contributed by atoms with E-state index >= 15 is 0 Å². The zero-order valence-electron chi connectivity index (χ0n) is 12.2. The monoisotopic (exact) mass is 318 g/mol. The third-order valence-corrected chi connectivity index (χ3v) is 3.67. The van der Waals surface area contributed by atoms with Crippen LogP contribution in [0.5, 0.6) is 11.5 Å². The van der Waals surface area contributed by atoms with Gasteiger partial charge in [-0.05, 0) is 32.0 Å². The molecule has 1 heterocycles. The number of azo groups is 1. The van der Waals surface area contributed by atoms with E-state index in [0.717, 1.165) is 5.56 Å². The summed E-state index contributed by atoms with van der Waals surface area (Å²) in [5.41, 5.74) is 1.64. The summed E-state index contributed by atoms with van der Waals surface area (Å²) < 4.78 is 11.2. The quantitative estimate of drug-likeness (QED) is 0.766. The molecule has 22 heavy (non-hydrogen) atoms. The van der Waals surface area contributed by atoms with E-state index in [2.05, 4.69) is 10.2 Å². The summed E-state index contributed by atoms with van der Waals surface area (Å²) in [7, 11) is 0. The number of rotatable bonds is 2. The smallest absolute Gasteiger partial charge is 0.197 e. The van der Waals surface area contributed by atoms with Crippen molar-refractivity contribution in [2.75, 3.05) is 0 Å². The molecule has 2 aromatic rings. The molecule has 114 valence electrons. The topological polar surface area (TPSA) is 63.4 Å². The van der Waals surface area contributed by atoms with Crippen LogP contribution in [0.25, 0.3) is 0 Å². The Morgan fingerprint density at radius 1 is 1.09 bits per heavy atom. The number of phenols is 1. The van der Waals surface area contributed by atoms with Gasteiger partial charge in [0.05, 0.1) is 11.1 Å². The number of halogens is 1. The van der Waals surface area contributed by atoms with Crippen molar-refractivity contribution in [3.63, 3.8) is 0 Å². The summed E-state index contributed by atoms with van der Waals surface area (Å²) in [5, 5.41) is 18.7. The Labute approximate surface area is 133 Å². The van der Waals surface area contributed by atoms with Crippen LogP contribution >= 0.6 is 11.6 Å². The van der Waals surface area contributed by atoms with E-state index in [0.29, 0.717) is 22.1 Å². The van der Waals surface area contributed by atoms with Gasteiger partial charge in [-0.3, -0.25) is 0 Å². The number of aromatic hydroxyl groups is 1. The molecule has 2 atom stereocenters. The van der Waals surface area contributed by atoms with Gasteiger partial charge < -0.3 is 14.6 Å². The molecule has 0 radical (unpaired) electrons. The lowest BCUT2D eigenvalue weighted by Gasteiger charge is -2.29. The van der Waals surface area contributed by atoms with Gasteiger partial charge in [-0.15, -0.1) is 10.2 Å². The SMILES string of the molecule is CC1Oc2cc(N=Nc3ccccc3Cl)c(O)cc2C(C)O1. The highest BCUT2D eigenvalue weighted by molar-refractivity contribution is 6.32. The summed E-state index contributed by atoms with van der Waals surface area (Å²) >= 11 is 6.03. The van der Waals surface area contributed by atoms with E-state index < -0.39 is 0 Å². The summed E-state index contributed by atoms with van der Waals surface area (Å²) in [6.07, 6.45) is -0.500. The minimum atomic E-state index is -0.347. The van der Waals surface area contributed by atoms with E-state index in [9.17, 15) is 5.11 Å². The first-order valence-electron chi connectivity index (χ1n) is 6.90. The van der Waals surface area contributed by atoms with E-state index in [1.54, 1.807) is 24.3 Å².